The highest BCUT2D eigenvalue weighted by Crippen LogP contribution is 2.30. The summed E-state index contributed by atoms with van der Waals surface area (Å²) in [5, 5.41) is 4.57. The first kappa shape index (κ1) is 19.6. The van der Waals surface area contributed by atoms with Gasteiger partial charge in [-0.2, -0.15) is 0 Å². The van der Waals surface area contributed by atoms with Crippen molar-refractivity contribution in [1.29, 1.82) is 0 Å². The van der Waals surface area contributed by atoms with Gasteiger partial charge in [0, 0.05) is 21.7 Å². The van der Waals surface area contributed by atoms with E-state index in [-0.39, 0.29) is 17.1 Å². The molecule has 6 heteroatoms. The van der Waals surface area contributed by atoms with E-state index >= 15 is 0 Å². The minimum absolute atomic E-state index is 0.114. The fourth-order valence-corrected chi connectivity index (χ4v) is 3.19. The Labute approximate surface area is 177 Å². The van der Waals surface area contributed by atoms with Gasteiger partial charge in [-0.25, -0.2) is 0 Å². The van der Waals surface area contributed by atoms with Crippen molar-refractivity contribution >= 4 is 23.2 Å². The van der Waals surface area contributed by atoms with Gasteiger partial charge in [-0.15, -0.1) is 0 Å². The first-order valence-electron chi connectivity index (χ1n) is 9.12. The largest absolute Gasteiger partial charge is 0.497 e. The quantitative estimate of drug-likeness (QED) is 0.389. The third kappa shape index (κ3) is 3.75. The van der Waals surface area contributed by atoms with Crippen LogP contribution in [0.2, 0.25) is 5.02 Å². The Hall–Kier alpha value is -3.70. The van der Waals surface area contributed by atoms with Gasteiger partial charge in [0.2, 0.25) is 11.5 Å². The molecule has 30 heavy (non-hydrogen) atoms. The standard InChI is InChI=1S/C24H16ClNO4/c1-29-19-13-9-15(10-14-19)21-20(22(27)16-5-3-2-4-6-16)24(30-26-21)23(28)17-7-11-18(25)12-8-17/h2-14H,1H3. The second kappa shape index (κ2) is 8.35. The van der Waals surface area contributed by atoms with Crippen LogP contribution in [-0.4, -0.2) is 23.8 Å². The number of carbonyl (C=O) groups is 2. The van der Waals surface area contributed by atoms with Crippen molar-refractivity contribution in [3.63, 3.8) is 0 Å². The maximum atomic E-state index is 13.3. The van der Waals surface area contributed by atoms with Crippen molar-refractivity contribution < 1.29 is 18.8 Å². The number of rotatable bonds is 6. The summed E-state index contributed by atoms with van der Waals surface area (Å²) in [5.74, 6) is -0.245. The molecule has 4 aromatic rings. The van der Waals surface area contributed by atoms with Gasteiger partial charge in [-0.1, -0.05) is 47.1 Å². The average molecular weight is 418 g/mol. The third-order valence-electron chi connectivity index (χ3n) is 4.63. The Morgan fingerprint density at radius 2 is 1.47 bits per heavy atom. The number of benzene rings is 3. The zero-order valence-electron chi connectivity index (χ0n) is 16.0. The van der Waals surface area contributed by atoms with Gasteiger partial charge in [0.05, 0.1) is 7.11 Å². The van der Waals surface area contributed by atoms with E-state index in [4.69, 9.17) is 20.9 Å². The van der Waals surface area contributed by atoms with Crippen molar-refractivity contribution in [3.8, 4) is 17.0 Å². The van der Waals surface area contributed by atoms with Crippen LogP contribution in [0.25, 0.3) is 11.3 Å². The van der Waals surface area contributed by atoms with Gasteiger partial charge in [0.25, 0.3) is 0 Å². The minimum Gasteiger partial charge on any atom is -0.497 e. The molecule has 0 fully saturated rings. The molecule has 1 heterocycles. The van der Waals surface area contributed by atoms with Crippen molar-refractivity contribution in [1.82, 2.24) is 5.16 Å². The van der Waals surface area contributed by atoms with Gasteiger partial charge < -0.3 is 9.26 Å². The molecule has 0 aliphatic heterocycles. The van der Waals surface area contributed by atoms with Crippen LogP contribution in [0.15, 0.2) is 83.4 Å². The predicted octanol–water partition coefficient (Wildman–Crippen LogP) is 5.47. The van der Waals surface area contributed by atoms with Gasteiger partial charge in [0.15, 0.2) is 5.78 Å². The molecule has 0 bridgehead atoms. The first-order chi connectivity index (χ1) is 14.6. The Kier molecular flexibility index (Phi) is 5.46. The zero-order valence-corrected chi connectivity index (χ0v) is 16.7. The molecule has 5 nitrogen and oxygen atoms in total. The van der Waals surface area contributed by atoms with Crippen molar-refractivity contribution in [2.24, 2.45) is 0 Å². The lowest BCUT2D eigenvalue weighted by Crippen LogP contribution is -2.10. The van der Waals surface area contributed by atoms with Gasteiger partial charge in [-0.05, 0) is 48.5 Å². The van der Waals surface area contributed by atoms with Crippen LogP contribution in [0.4, 0.5) is 0 Å². The van der Waals surface area contributed by atoms with E-state index < -0.39 is 5.78 Å². The van der Waals surface area contributed by atoms with Crippen LogP contribution in [0.3, 0.4) is 0 Å². The molecule has 148 valence electrons. The highest BCUT2D eigenvalue weighted by molar-refractivity contribution is 6.30. The normalized spacial score (nSPS) is 10.6. The van der Waals surface area contributed by atoms with Crippen LogP contribution in [0, 0.1) is 0 Å². The monoisotopic (exact) mass is 417 g/mol. The predicted molar refractivity (Wildman–Crippen MR) is 113 cm³/mol. The fraction of sp³-hybridized carbons (Fsp3) is 0.0417. The van der Waals surface area contributed by atoms with Crippen LogP contribution in [-0.2, 0) is 0 Å². The SMILES string of the molecule is COc1ccc(-c2noc(C(=O)c3ccc(Cl)cc3)c2C(=O)c2ccccc2)cc1. The molecule has 0 saturated carbocycles. The molecule has 0 atom stereocenters. The molecule has 0 spiro atoms. The van der Waals surface area contributed by atoms with Crippen LogP contribution < -0.4 is 4.74 Å². The highest BCUT2D eigenvalue weighted by Gasteiger charge is 2.29. The zero-order chi connectivity index (χ0) is 21.1. The first-order valence-corrected chi connectivity index (χ1v) is 9.50. The summed E-state index contributed by atoms with van der Waals surface area (Å²) >= 11 is 5.92. The smallest absolute Gasteiger partial charge is 0.231 e. The molecule has 4 rings (SSSR count). The number of aromatic nitrogens is 1. The molecular formula is C24H16ClNO4. The summed E-state index contributed by atoms with van der Waals surface area (Å²) in [7, 11) is 1.57. The Bertz CT molecular complexity index is 1200. The number of hydrogen-bond donors (Lipinski definition) is 0. The Morgan fingerprint density at radius 1 is 0.833 bits per heavy atom. The summed E-state index contributed by atoms with van der Waals surface area (Å²) in [4.78, 5) is 26.4. The van der Waals surface area contributed by atoms with E-state index in [0.717, 1.165) is 0 Å². The number of hydrogen-bond acceptors (Lipinski definition) is 5. The van der Waals surface area contributed by atoms with Crippen molar-refractivity contribution in [3.05, 3.63) is 106 Å². The van der Waals surface area contributed by atoms with Crippen LogP contribution >= 0.6 is 11.6 Å². The lowest BCUT2D eigenvalue weighted by molar-refractivity contribution is 0.0978. The second-order valence-electron chi connectivity index (χ2n) is 6.49. The number of ether oxygens (including phenoxy) is 1. The summed E-state index contributed by atoms with van der Waals surface area (Å²) in [6.45, 7) is 0. The third-order valence-corrected chi connectivity index (χ3v) is 4.88. The molecule has 0 radical (unpaired) electrons. The molecule has 1 aromatic heterocycles. The molecule has 0 amide bonds. The van der Waals surface area contributed by atoms with E-state index in [2.05, 4.69) is 5.16 Å². The maximum Gasteiger partial charge on any atom is 0.231 e. The van der Waals surface area contributed by atoms with Crippen LogP contribution in [0.1, 0.15) is 32.0 Å². The molecule has 0 aliphatic rings. The van der Waals surface area contributed by atoms with E-state index in [1.807, 2.05) is 6.07 Å². The molecule has 0 saturated heterocycles. The summed E-state index contributed by atoms with van der Waals surface area (Å²) in [5.41, 5.74) is 1.82. The molecule has 0 aliphatic carbocycles. The molecule has 0 unspecified atom stereocenters. The van der Waals surface area contributed by atoms with E-state index in [0.29, 0.717) is 33.2 Å². The summed E-state index contributed by atoms with van der Waals surface area (Å²) in [6, 6.07) is 22.1. The van der Waals surface area contributed by atoms with Crippen LogP contribution in [0.5, 0.6) is 5.75 Å². The molecule has 0 N–H and O–H groups in total. The van der Waals surface area contributed by atoms with Gasteiger partial charge >= 0.3 is 0 Å². The second-order valence-corrected chi connectivity index (χ2v) is 6.93. The Balaban J connectivity index is 1.86. The van der Waals surface area contributed by atoms with Crippen molar-refractivity contribution in [2.45, 2.75) is 0 Å². The average Bonchev–Trinajstić information content (AvgIpc) is 3.24. The number of ketones is 2. The van der Waals surface area contributed by atoms with E-state index in [1.165, 1.54) is 0 Å². The number of nitrogens with zero attached hydrogens (tertiary/aromatic N) is 1. The number of halogens is 1. The van der Waals surface area contributed by atoms with Gasteiger partial charge in [-0.3, -0.25) is 9.59 Å². The number of methoxy groups -OCH3 is 1. The molecular weight excluding hydrogens is 402 g/mol. The Morgan fingerprint density at radius 3 is 2.10 bits per heavy atom. The van der Waals surface area contributed by atoms with Gasteiger partial charge in [0.1, 0.15) is 17.0 Å². The summed E-state index contributed by atoms with van der Waals surface area (Å²) in [6.07, 6.45) is 0. The lowest BCUT2D eigenvalue weighted by atomic mass is 9.95. The highest BCUT2D eigenvalue weighted by atomic mass is 35.5. The lowest BCUT2D eigenvalue weighted by Gasteiger charge is -2.05. The van der Waals surface area contributed by atoms with E-state index in [1.54, 1.807) is 79.9 Å². The maximum absolute atomic E-state index is 13.3. The summed E-state index contributed by atoms with van der Waals surface area (Å²) < 4.78 is 10.6. The van der Waals surface area contributed by atoms with E-state index in [9.17, 15) is 9.59 Å². The minimum atomic E-state index is -0.446. The number of carbonyl (C=O) groups excluding carboxylic acids is 2. The topological polar surface area (TPSA) is 69.4 Å². The van der Waals surface area contributed by atoms with Crippen molar-refractivity contribution in [2.75, 3.05) is 7.11 Å². The fourth-order valence-electron chi connectivity index (χ4n) is 3.07. The molecule has 3 aromatic carbocycles.